The van der Waals surface area contributed by atoms with Crippen molar-refractivity contribution >= 4 is 7.60 Å². The summed E-state index contributed by atoms with van der Waals surface area (Å²) in [6.45, 7) is 0. The zero-order valence-electron chi connectivity index (χ0n) is 12.5. The van der Waals surface area contributed by atoms with Crippen LogP contribution in [0.1, 0.15) is 5.56 Å². The molecule has 1 radical (unpaired) electrons. The first-order chi connectivity index (χ1) is 11.2. The van der Waals surface area contributed by atoms with Crippen LogP contribution in [0.25, 0.3) is 0 Å². The molecule has 3 rings (SSSR count). The molecule has 0 saturated heterocycles. The highest BCUT2D eigenvalue weighted by Crippen LogP contribution is 2.51. The molecular weight excluding hydrogens is 307 g/mol. The highest BCUT2D eigenvalue weighted by molar-refractivity contribution is 7.53. The van der Waals surface area contributed by atoms with Crippen molar-refractivity contribution in [2.75, 3.05) is 0 Å². The molecule has 0 spiro atoms. The van der Waals surface area contributed by atoms with Crippen LogP contribution in [0.5, 0.6) is 11.5 Å². The molecule has 0 aliphatic carbocycles. The van der Waals surface area contributed by atoms with Crippen molar-refractivity contribution in [3.63, 3.8) is 0 Å². The van der Waals surface area contributed by atoms with Gasteiger partial charge < -0.3 is 9.05 Å². The lowest BCUT2D eigenvalue weighted by Gasteiger charge is -2.20. The third-order valence-electron chi connectivity index (χ3n) is 3.14. The van der Waals surface area contributed by atoms with Gasteiger partial charge in [-0.05, 0) is 35.9 Å². The van der Waals surface area contributed by atoms with Gasteiger partial charge in [0, 0.05) is 0 Å². The lowest BCUT2D eigenvalue weighted by Crippen LogP contribution is -2.04. The molecule has 0 bridgehead atoms. The van der Waals surface area contributed by atoms with Gasteiger partial charge in [0.25, 0.3) is 0 Å². The van der Waals surface area contributed by atoms with Crippen molar-refractivity contribution in [2.45, 2.75) is 6.16 Å². The van der Waals surface area contributed by atoms with Crippen molar-refractivity contribution in [1.82, 2.24) is 0 Å². The quantitative estimate of drug-likeness (QED) is 0.575. The van der Waals surface area contributed by atoms with Crippen LogP contribution in [0, 0.1) is 6.07 Å². The van der Waals surface area contributed by atoms with E-state index < -0.39 is 7.60 Å². The molecule has 0 N–H and O–H groups in total. The van der Waals surface area contributed by atoms with Crippen LogP contribution in [-0.4, -0.2) is 0 Å². The predicted octanol–water partition coefficient (Wildman–Crippen LogP) is 5.34. The fourth-order valence-corrected chi connectivity index (χ4v) is 3.83. The second-order valence-electron chi connectivity index (χ2n) is 4.99. The Balaban J connectivity index is 1.87. The summed E-state index contributed by atoms with van der Waals surface area (Å²) in [4.78, 5) is 0. The topological polar surface area (TPSA) is 35.5 Å². The minimum absolute atomic E-state index is 0.186. The van der Waals surface area contributed by atoms with Crippen LogP contribution >= 0.6 is 7.60 Å². The van der Waals surface area contributed by atoms with Gasteiger partial charge in [-0.3, -0.25) is 0 Å². The molecule has 115 valence electrons. The van der Waals surface area contributed by atoms with Gasteiger partial charge in [0.05, 0.1) is 6.16 Å². The van der Waals surface area contributed by atoms with Gasteiger partial charge in [-0.25, -0.2) is 4.57 Å². The Bertz CT molecular complexity index is 665. The molecule has 0 unspecified atom stereocenters. The SMILES string of the molecule is O=P(Cc1cc[c]cc1)(Oc1ccccc1)Oc1ccccc1. The van der Waals surface area contributed by atoms with Gasteiger partial charge >= 0.3 is 7.60 Å². The normalized spacial score (nSPS) is 11.0. The fraction of sp³-hybridized carbons (Fsp3) is 0.0526. The summed E-state index contributed by atoms with van der Waals surface area (Å²) in [5, 5.41) is 0. The summed E-state index contributed by atoms with van der Waals surface area (Å²) in [7, 11) is -3.40. The van der Waals surface area contributed by atoms with E-state index in [0.717, 1.165) is 5.56 Å². The molecule has 0 amide bonds. The molecule has 0 aromatic heterocycles. The summed E-state index contributed by atoms with van der Waals surface area (Å²) in [5.74, 6) is 1.04. The van der Waals surface area contributed by atoms with Gasteiger partial charge in [0.1, 0.15) is 11.5 Å². The summed E-state index contributed by atoms with van der Waals surface area (Å²) in [5.41, 5.74) is 0.874. The van der Waals surface area contributed by atoms with Crippen molar-refractivity contribution in [1.29, 1.82) is 0 Å². The number of hydrogen-bond acceptors (Lipinski definition) is 3. The Morgan fingerprint density at radius 2 is 1.22 bits per heavy atom. The van der Waals surface area contributed by atoms with Crippen LogP contribution in [0.4, 0.5) is 0 Å². The molecule has 0 atom stereocenters. The predicted molar refractivity (Wildman–Crippen MR) is 90.7 cm³/mol. The Morgan fingerprint density at radius 1 is 0.739 bits per heavy atom. The van der Waals surface area contributed by atoms with Gasteiger partial charge in [0.15, 0.2) is 0 Å². The van der Waals surface area contributed by atoms with E-state index in [2.05, 4.69) is 6.07 Å². The minimum atomic E-state index is -3.40. The van der Waals surface area contributed by atoms with Gasteiger partial charge in [-0.1, -0.05) is 60.7 Å². The first-order valence-corrected chi connectivity index (χ1v) is 9.00. The van der Waals surface area contributed by atoms with E-state index in [9.17, 15) is 4.57 Å². The Morgan fingerprint density at radius 3 is 1.70 bits per heavy atom. The lowest BCUT2D eigenvalue weighted by atomic mass is 10.2. The number of hydrogen-bond donors (Lipinski definition) is 0. The van der Waals surface area contributed by atoms with E-state index in [4.69, 9.17) is 9.05 Å². The standard InChI is InChI=1S/C19H16O3P/c20-23(16-17-10-4-1-5-11-17,21-18-12-6-2-7-13-18)22-19-14-8-3-9-15-19/h2-15H,16H2. The second-order valence-corrected chi connectivity index (χ2v) is 6.89. The summed E-state index contributed by atoms with van der Waals surface area (Å²) in [6, 6.07) is 28.4. The number of para-hydroxylation sites is 2. The molecule has 3 nitrogen and oxygen atoms in total. The average molecular weight is 323 g/mol. The molecule has 3 aromatic rings. The van der Waals surface area contributed by atoms with Crippen molar-refractivity contribution in [2.24, 2.45) is 0 Å². The Labute approximate surface area is 136 Å². The molecule has 0 heterocycles. The average Bonchev–Trinajstić information content (AvgIpc) is 2.57. The number of rotatable bonds is 6. The summed E-state index contributed by atoms with van der Waals surface area (Å²) >= 11 is 0. The maximum absolute atomic E-state index is 13.3. The van der Waals surface area contributed by atoms with Crippen LogP contribution in [0.3, 0.4) is 0 Å². The third kappa shape index (κ3) is 4.48. The zero-order chi connectivity index (χ0) is 16.0. The van der Waals surface area contributed by atoms with Crippen LogP contribution in [0.2, 0.25) is 0 Å². The summed E-state index contributed by atoms with van der Waals surface area (Å²) < 4.78 is 24.7. The largest absolute Gasteiger partial charge is 0.435 e. The first kappa shape index (κ1) is 15.4. The monoisotopic (exact) mass is 323 g/mol. The third-order valence-corrected chi connectivity index (χ3v) is 4.87. The highest BCUT2D eigenvalue weighted by atomic mass is 31.2. The smallest absolute Gasteiger partial charge is 0.416 e. The molecule has 0 aliphatic heterocycles. The lowest BCUT2D eigenvalue weighted by molar-refractivity contribution is 0.384. The molecule has 0 fully saturated rings. The van der Waals surface area contributed by atoms with E-state index >= 15 is 0 Å². The first-order valence-electron chi connectivity index (χ1n) is 7.27. The minimum Gasteiger partial charge on any atom is -0.416 e. The zero-order valence-corrected chi connectivity index (χ0v) is 13.4. The Hall–Kier alpha value is -2.51. The molecule has 0 saturated carbocycles. The molecule has 4 heteroatoms. The highest BCUT2D eigenvalue weighted by Gasteiger charge is 2.28. The van der Waals surface area contributed by atoms with Gasteiger partial charge in [0.2, 0.25) is 0 Å². The molecular formula is C19H16O3P. The number of benzene rings is 3. The van der Waals surface area contributed by atoms with E-state index in [1.165, 1.54) is 0 Å². The Kier molecular flexibility index (Phi) is 4.80. The van der Waals surface area contributed by atoms with Crippen LogP contribution < -0.4 is 9.05 Å². The van der Waals surface area contributed by atoms with Gasteiger partial charge in [-0.15, -0.1) is 0 Å². The molecule has 3 aromatic carbocycles. The van der Waals surface area contributed by atoms with E-state index in [1.807, 2.05) is 48.5 Å². The van der Waals surface area contributed by atoms with E-state index in [1.54, 1.807) is 36.4 Å². The van der Waals surface area contributed by atoms with Crippen molar-refractivity contribution in [3.8, 4) is 11.5 Å². The second kappa shape index (κ2) is 7.17. The summed E-state index contributed by atoms with van der Waals surface area (Å²) in [6.07, 6.45) is 0.186. The van der Waals surface area contributed by atoms with E-state index in [-0.39, 0.29) is 6.16 Å². The van der Waals surface area contributed by atoms with Crippen LogP contribution in [0.15, 0.2) is 84.9 Å². The van der Waals surface area contributed by atoms with Crippen molar-refractivity contribution < 1.29 is 13.6 Å². The van der Waals surface area contributed by atoms with E-state index in [0.29, 0.717) is 11.5 Å². The van der Waals surface area contributed by atoms with Gasteiger partial charge in [-0.2, -0.15) is 0 Å². The molecule has 0 aliphatic rings. The fourth-order valence-electron chi connectivity index (χ4n) is 2.12. The maximum Gasteiger partial charge on any atom is 0.435 e. The van der Waals surface area contributed by atoms with Crippen LogP contribution in [-0.2, 0) is 10.7 Å². The van der Waals surface area contributed by atoms with Crippen molar-refractivity contribution in [3.05, 3.63) is 96.6 Å². The molecule has 23 heavy (non-hydrogen) atoms. The maximum atomic E-state index is 13.3.